The van der Waals surface area contributed by atoms with E-state index in [9.17, 15) is 0 Å². The molecule has 0 aromatic heterocycles. The van der Waals surface area contributed by atoms with E-state index in [-0.39, 0.29) is 0 Å². The van der Waals surface area contributed by atoms with E-state index in [0.717, 1.165) is 11.2 Å². The SMILES string of the molecule is [B]c1ccc2c(c1)-c1cccc3cccc(c13)N2c1ccccc1. The summed E-state index contributed by atoms with van der Waals surface area (Å²) in [4.78, 5) is 2.32. The van der Waals surface area contributed by atoms with E-state index in [1.165, 1.54) is 33.3 Å². The number of hydrogen-bond donors (Lipinski definition) is 0. The van der Waals surface area contributed by atoms with Crippen LogP contribution in [0.4, 0.5) is 17.1 Å². The summed E-state index contributed by atoms with van der Waals surface area (Å²) in [6.45, 7) is 0. The van der Waals surface area contributed by atoms with Crippen LogP contribution in [0.15, 0.2) is 84.9 Å². The van der Waals surface area contributed by atoms with Crippen LogP contribution < -0.4 is 10.4 Å². The van der Waals surface area contributed by atoms with Gasteiger partial charge in [-0.1, -0.05) is 66.1 Å². The van der Waals surface area contributed by atoms with Crippen molar-refractivity contribution in [3.8, 4) is 11.1 Å². The molecule has 0 N–H and O–H groups in total. The van der Waals surface area contributed by atoms with Gasteiger partial charge in [-0.2, -0.15) is 0 Å². The minimum Gasteiger partial charge on any atom is -0.309 e. The average Bonchev–Trinajstić information content (AvgIpc) is 2.63. The summed E-state index contributed by atoms with van der Waals surface area (Å²) in [6.07, 6.45) is 0. The molecule has 1 nitrogen and oxygen atoms in total. The zero-order chi connectivity index (χ0) is 16.1. The maximum atomic E-state index is 6.10. The second kappa shape index (κ2) is 5.00. The van der Waals surface area contributed by atoms with Crippen molar-refractivity contribution in [1.29, 1.82) is 0 Å². The molecule has 110 valence electrons. The third kappa shape index (κ3) is 1.83. The molecule has 1 aliphatic rings. The lowest BCUT2D eigenvalue weighted by Crippen LogP contribution is -2.16. The lowest BCUT2D eigenvalue weighted by Gasteiger charge is -2.33. The van der Waals surface area contributed by atoms with E-state index in [2.05, 4.69) is 77.7 Å². The first-order chi connectivity index (χ1) is 11.8. The predicted molar refractivity (Wildman–Crippen MR) is 103 cm³/mol. The van der Waals surface area contributed by atoms with E-state index < -0.39 is 0 Å². The van der Waals surface area contributed by atoms with Gasteiger partial charge in [-0.05, 0) is 35.2 Å². The van der Waals surface area contributed by atoms with Crippen molar-refractivity contribution in [2.45, 2.75) is 0 Å². The Kier molecular flexibility index (Phi) is 2.80. The summed E-state index contributed by atoms with van der Waals surface area (Å²) in [7, 11) is 6.10. The third-order valence-electron chi connectivity index (χ3n) is 4.69. The normalized spacial score (nSPS) is 12.2. The van der Waals surface area contributed by atoms with Gasteiger partial charge in [0.2, 0.25) is 0 Å². The fourth-order valence-corrected chi connectivity index (χ4v) is 3.68. The first-order valence-corrected chi connectivity index (χ1v) is 8.10. The number of para-hydroxylation sites is 1. The van der Waals surface area contributed by atoms with Crippen LogP contribution in [0.5, 0.6) is 0 Å². The Morgan fingerprint density at radius 3 is 2.25 bits per heavy atom. The van der Waals surface area contributed by atoms with Gasteiger partial charge in [0.15, 0.2) is 0 Å². The second-order valence-corrected chi connectivity index (χ2v) is 6.13. The van der Waals surface area contributed by atoms with Crippen LogP contribution in [-0.2, 0) is 0 Å². The first-order valence-electron chi connectivity index (χ1n) is 8.10. The van der Waals surface area contributed by atoms with E-state index in [1.807, 2.05) is 12.1 Å². The largest absolute Gasteiger partial charge is 0.309 e. The van der Waals surface area contributed by atoms with Crippen LogP contribution in [0.1, 0.15) is 0 Å². The summed E-state index contributed by atoms with van der Waals surface area (Å²) < 4.78 is 0. The van der Waals surface area contributed by atoms with E-state index in [0.29, 0.717) is 0 Å². The Balaban J connectivity index is 1.95. The van der Waals surface area contributed by atoms with Gasteiger partial charge < -0.3 is 4.90 Å². The van der Waals surface area contributed by atoms with Gasteiger partial charge in [0, 0.05) is 16.6 Å². The van der Waals surface area contributed by atoms with Crippen molar-refractivity contribution in [3.63, 3.8) is 0 Å². The van der Waals surface area contributed by atoms with Gasteiger partial charge in [0.05, 0.1) is 11.4 Å². The fourth-order valence-electron chi connectivity index (χ4n) is 3.68. The molecule has 0 aliphatic carbocycles. The number of rotatable bonds is 1. The highest BCUT2D eigenvalue weighted by atomic mass is 15.1. The maximum absolute atomic E-state index is 6.10. The van der Waals surface area contributed by atoms with Gasteiger partial charge in [-0.15, -0.1) is 0 Å². The van der Waals surface area contributed by atoms with Gasteiger partial charge in [0.1, 0.15) is 7.85 Å². The Morgan fingerprint density at radius 2 is 1.42 bits per heavy atom. The molecule has 1 heterocycles. The minimum absolute atomic E-state index is 0.790. The highest BCUT2D eigenvalue weighted by Gasteiger charge is 2.25. The zero-order valence-electron chi connectivity index (χ0n) is 13.1. The lowest BCUT2D eigenvalue weighted by atomic mass is 9.86. The Morgan fingerprint density at radius 1 is 0.625 bits per heavy atom. The smallest absolute Gasteiger partial charge is 0.113 e. The second-order valence-electron chi connectivity index (χ2n) is 6.13. The number of fused-ring (bicyclic) bond motifs is 2. The molecule has 2 radical (unpaired) electrons. The van der Waals surface area contributed by atoms with E-state index in [4.69, 9.17) is 7.85 Å². The zero-order valence-corrected chi connectivity index (χ0v) is 13.1. The molecule has 4 aromatic rings. The highest BCUT2D eigenvalue weighted by molar-refractivity contribution is 6.33. The van der Waals surface area contributed by atoms with Crippen LogP contribution >= 0.6 is 0 Å². The molecule has 0 saturated carbocycles. The number of benzene rings is 4. The molecule has 0 amide bonds. The quantitative estimate of drug-likeness (QED) is 0.390. The number of anilines is 3. The van der Waals surface area contributed by atoms with E-state index >= 15 is 0 Å². The van der Waals surface area contributed by atoms with Crippen molar-refractivity contribution in [1.82, 2.24) is 0 Å². The summed E-state index contributed by atoms with van der Waals surface area (Å²) in [5.41, 5.74) is 6.76. The molecular weight excluding hydrogens is 289 g/mol. The fraction of sp³-hybridized carbons (Fsp3) is 0. The van der Waals surface area contributed by atoms with Crippen molar-refractivity contribution in [2.24, 2.45) is 0 Å². The molecule has 5 rings (SSSR count). The molecule has 4 aromatic carbocycles. The molecule has 0 saturated heterocycles. The summed E-state index contributed by atoms with van der Waals surface area (Å²) in [5, 5.41) is 2.53. The molecule has 1 aliphatic heterocycles. The van der Waals surface area contributed by atoms with Crippen molar-refractivity contribution in [2.75, 3.05) is 4.90 Å². The topological polar surface area (TPSA) is 3.24 Å². The maximum Gasteiger partial charge on any atom is 0.113 e. The molecule has 0 spiro atoms. The summed E-state index contributed by atoms with van der Waals surface area (Å²) in [5.74, 6) is 0. The lowest BCUT2D eigenvalue weighted by molar-refractivity contribution is 1.29. The van der Waals surface area contributed by atoms with Crippen LogP contribution in [0.3, 0.4) is 0 Å². The first kappa shape index (κ1) is 13.4. The highest BCUT2D eigenvalue weighted by Crippen LogP contribution is 2.50. The molecule has 2 heteroatoms. The number of hydrogen-bond acceptors (Lipinski definition) is 1. The van der Waals surface area contributed by atoms with Crippen molar-refractivity contribution < 1.29 is 0 Å². The third-order valence-corrected chi connectivity index (χ3v) is 4.69. The Bertz CT molecular complexity index is 1060. The number of nitrogens with zero attached hydrogens (tertiary/aromatic N) is 1. The van der Waals surface area contributed by atoms with Gasteiger partial charge in [0.25, 0.3) is 0 Å². The van der Waals surface area contributed by atoms with Crippen LogP contribution in [0.2, 0.25) is 0 Å². The molecule has 0 unspecified atom stereocenters. The van der Waals surface area contributed by atoms with Crippen molar-refractivity contribution in [3.05, 3.63) is 84.9 Å². The van der Waals surface area contributed by atoms with Crippen LogP contribution in [0.25, 0.3) is 21.9 Å². The molecule has 0 bridgehead atoms. The van der Waals surface area contributed by atoms with Crippen LogP contribution in [0, 0.1) is 0 Å². The molecule has 0 fully saturated rings. The van der Waals surface area contributed by atoms with Crippen molar-refractivity contribution >= 4 is 41.1 Å². The Hall–Kier alpha value is -3.00. The monoisotopic (exact) mass is 303 g/mol. The van der Waals surface area contributed by atoms with Gasteiger partial charge in [-0.25, -0.2) is 0 Å². The standard InChI is InChI=1S/C22H14BN/c23-16-12-13-20-19(14-16)18-10-4-6-15-7-5-11-21(22(15)18)24(20)17-8-2-1-3-9-17/h1-14H. The van der Waals surface area contributed by atoms with E-state index in [1.54, 1.807) is 0 Å². The summed E-state index contributed by atoms with van der Waals surface area (Å²) in [6, 6.07) is 29.6. The minimum atomic E-state index is 0.790. The predicted octanol–water partition coefficient (Wildman–Crippen LogP) is 5.08. The molecular formula is C22H14BN. The summed E-state index contributed by atoms with van der Waals surface area (Å²) >= 11 is 0. The van der Waals surface area contributed by atoms with Gasteiger partial charge in [-0.3, -0.25) is 0 Å². The van der Waals surface area contributed by atoms with Crippen LogP contribution in [-0.4, -0.2) is 7.85 Å². The Labute approximate surface area is 142 Å². The molecule has 24 heavy (non-hydrogen) atoms. The average molecular weight is 303 g/mol. The van der Waals surface area contributed by atoms with Gasteiger partial charge >= 0.3 is 0 Å². The molecule has 0 atom stereocenters.